The minimum absolute atomic E-state index is 0.0344. The lowest BCUT2D eigenvalue weighted by Crippen LogP contribution is -2.32. The van der Waals surface area contributed by atoms with Crippen LogP contribution in [0.3, 0.4) is 0 Å². The smallest absolute Gasteiger partial charge is 0.220 e. The molecular formula is C17H21ClN2O2. The normalized spacial score (nSPS) is 12.1. The Balaban J connectivity index is 1.87. The standard InChI is InChI=1S/C17H21ClN2O2/c1-3-4-12(2)20-16(21)9-10-17-19-11-15(22-17)13-5-7-14(18)8-6-13/h5-8,11-12H,3-4,9-10H2,1-2H3,(H,20,21)/t12-/m0/s1. The van der Waals surface area contributed by atoms with Crippen molar-refractivity contribution < 1.29 is 9.21 Å². The molecular weight excluding hydrogens is 300 g/mol. The highest BCUT2D eigenvalue weighted by molar-refractivity contribution is 6.30. The number of hydrogen-bond donors (Lipinski definition) is 1. The Bertz CT molecular complexity index is 607. The molecule has 22 heavy (non-hydrogen) atoms. The fourth-order valence-electron chi connectivity index (χ4n) is 2.25. The molecule has 0 fully saturated rings. The average molecular weight is 321 g/mol. The Morgan fingerprint density at radius 2 is 2.09 bits per heavy atom. The number of hydrogen-bond acceptors (Lipinski definition) is 3. The summed E-state index contributed by atoms with van der Waals surface area (Å²) in [6, 6.07) is 7.59. The van der Waals surface area contributed by atoms with Crippen LogP contribution in [0.25, 0.3) is 11.3 Å². The van der Waals surface area contributed by atoms with Crippen molar-refractivity contribution in [2.45, 2.75) is 45.6 Å². The number of halogens is 1. The molecule has 0 aliphatic carbocycles. The Morgan fingerprint density at radius 3 is 2.77 bits per heavy atom. The minimum atomic E-state index is 0.0344. The zero-order valence-electron chi connectivity index (χ0n) is 12.9. The van der Waals surface area contributed by atoms with Crippen molar-refractivity contribution in [2.24, 2.45) is 0 Å². The Hall–Kier alpha value is -1.81. The summed E-state index contributed by atoms with van der Waals surface area (Å²) in [6.07, 6.45) is 4.61. The molecule has 2 rings (SSSR count). The van der Waals surface area contributed by atoms with Gasteiger partial charge in [0.05, 0.1) is 6.20 Å². The van der Waals surface area contributed by atoms with E-state index >= 15 is 0 Å². The molecule has 0 bridgehead atoms. The first-order chi connectivity index (χ1) is 10.6. The van der Waals surface area contributed by atoms with Crippen LogP contribution in [0.15, 0.2) is 34.9 Å². The van der Waals surface area contributed by atoms with Gasteiger partial charge >= 0.3 is 0 Å². The van der Waals surface area contributed by atoms with Crippen molar-refractivity contribution in [3.8, 4) is 11.3 Å². The van der Waals surface area contributed by atoms with Crippen LogP contribution in [-0.2, 0) is 11.2 Å². The van der Waals surface area contributed by atoms with E-state index in [1.165, 1.54) is 0 Å². The second kappa shape index (κ2) is 7.99. The van der Waals surface area contributed by atoms with Crippen molar-refractivity contribution in [3.05, 3.63) is 41.4 Å². The number of nitrogens with zero attached hydrogens (tertiary/aromatic N) is 1. The second-order valence-corrected chi connectivity index (χ2v) is 5.82. The van der Waals surface area contributed by atoms with Crippen LogP contribution in [0.1, 0.15) is 39.0 Å². The van der Waals surface area contributed by atoms with Gasteiger partial charge in [0.1, 0.15) is 0 Å². The molecule has 0 saturated heterocycles. The molecule has 118 valence electrons. The summed E-state index contributed by atoms with van der Waals surface area (Å²) in [5, 5.41) is 3.65. The lowest BCUT2D eigenvalue weighted by molar-refractivity contribution is -0.121. The van der Waals surface area contributed by atoms with E-state index in [1.807, 2.05) is 31.2 Å². The number of benzene rings is 1. The zero-order chi connectivity index (χ0) is 15.9. The summed E-state index contributed by atoms with van der Waals surface area (Å²) < 4.78 is 5.68. The second-order valence-electron chi connectivity index (χ2n) is 5.38. The first kappa shape index (κ1) is 16.6. The van der Waals surface area contributed by atoms with Crippen molar-refractivity contribution in [1.29, 1.82) is 0 Å². The number of oxazole rings is 1. The molecule has 0 saturated carbocycles. The third-order valence-electron chi connectivity index (χ3n) is 3.38. The van der Waals surface area contributed by atoms with E-state index in [-0.39, 0.29) is 11.9 Å². The highest BCUT2D eigenvalue weighted by Gasteiger charge is 2.10. The van der Waals surface area contributed by atoms with Gasteiger partial charge in [-0.05, 0) is 37.6 Å². The summed E-state index contributed by atoms with van der Waals surface area (Å²) in [5.74, 6) is 1.29. The highest BCUT2D eigenvalue weighted by Crippen LogP contribution is 2.22. The number of amides is 1. The molecule has 0 radical (unpaired) electrons. The maximum absolute atomic E-state index is 11.8. The van der Waals surface area contributed by atoms with Crippen LogP contribution in [0.2, 0.25) is 5.02 Å². The highest BCUT2D eigenvalue weighted by atomic mass is 35.5. The van der Waals surface area contributed by atoms with Gasteiger partial charge in [-0.15, -0.1) is 0 Å². The van der Waals surface area contributed by atoms with E-state index < -0.39 is 0 Å². The molecule has 1 aromatic heterocycles. The van der Waals surface area contributed by atoms with E-state index in [2.05, 4.69) is 17.2 Å². The van der Waals surface area contributed by atoms with Crippen molar-refractivity contribution >= 4 is 17.5 Å². The largest absolute Gasteiger partial charge is 0.441 e. The quantitative estimate of drug-likeness (QED) is 0.830. The topological polar surface area (TPSA) is 55.1 Å². The van der Waals surface area contributed by atoms with Gasteiger partial charge < -0.3 is 9.73 Å². The van der Waals surface area contributed by atoms with Gasteiger partial charge in [0, 0.05) is 29.5 Å². The first-order valence-electron chi connectivity index (χ1n) is 7.58. The summed E-state index contributed by atoms with van der Waals surface area (Å²) in [4.78, 5) is 16.0. The van der Waals surface area contributed by atoms with E-state index in [4.69, 9.17) is 16.0 Å². The molecule has 1 aromatic carbocycles. The predicted octanol–water partition coefficient (Wildman–Crippen LogP) is 4.23. The fraction of sp³-hybridized carbons (Fsp3) is 0.412. The summed E-state index contributed by atoms with van der Waals surface area (Å²) >= 11 is 5.86. The van der Waals surface area contributed by atoms with Gasteiger partial charge in [0.25, 0.3) is 0 Å². The summed E-state index contributed by atoms with van der Waals surface area (Å²) in [5.41, 5.74) is 0.921. The van der Waals surface area contributed by atoms with Gasteiger partial charge in [-0.25, -0.2) is 4.98 Å². The molecule has 1 atom stereocenters. The van der Waals surface area contributed by atoms with E-state index in [1.54, 1.807) is 6.20 Å². The number of nitrogens with one attached hydrogen (secondary N) is 1. The first-order valence-corrected chi connectivity index (χ1v) is 7.96. The molecule has 0 aliphatic rings. The Kier molecular flexibility index (Phi) is 6.01. The number of aryl methyl sites for hydroxylation is 1. The Morgan fingerprint density at radius 1 is 1.36 bits per heavy atom. The molecule has 0 aliphatic heterocycles. The molecule has 1 amide bonds. The van der Waals surface area contributed by atoms with E-state index in [9.17, 15) is 4.79 Å². The lowest BCUT2D eigenvalue weighted by Gasteiger charge is -2.11. The van der Waals surface area contributed by atoms with Crippen molar-refractivity contribution in [3.63, 3.8) is 0 Å². The van der Waals surface area contributed by atoms with Gasteiger partial charge in [0.2, 0.25) is 5.91 Å². The Labute approximate surface area is 135 Å². The predicted molar refractivity (Wildman–Crippen MR) is 87.8 cm³/mol. The number of carbonyl (C=O) groups is 1. The molecule has 0 spiro atoms. The molecule has 4 nitrogen and oxygen atoms in total. The van der Waals surface area contributed by atoms with Crippen LogP contribution in [0.4, 0.5) is 0 Å². The van der Waals surface area contributed by atoms with E-state index in [0.717, 1.165) is 18.4 Å². The average Bonchev–Trinajstić information content (AvgIpc) is 2.95. The van der Waals surface area contributed by atoms with E-state index in [0.29, 0.717) is 29.5 Å². The van der Waals surface area contributed by atoms with Gasteiger partial charge in [0.15, 0.2) is 11.7 Å². The summed E-state index contributed by atoms with van der Waals surface area (Å²) in [7, 11) is 0. The minimum Gasteiger partial charge on any atom is -0.441 e. The van der Waals surface area contributed by atoms with Crippen LogP contribution in [0.5, 0.6) is 0 Å². The lowest BCUT2D eigenvalue weighted by atomic mass is 10.2. The molecule has 5 heteroatoms. The SMILES string of the molecule is CCC[C@H](C)NC(=O)CCc1ncc(-c2ccc(Cl)cc2)o1. The molecule has 1 N–H and O–H groups in total. The maximum atomic E-state index is 11.8. The number of aromatic nitrogens is 1. The van der Waals surface area contributed by atoms with Crippen molar-refractivity contribution in [1.82, 2.24) is 10.3 Å². The van der Waals surface area contributed by atoms with Crippen LogP contribution < -0.4 is 5.32 Å². The third kappa shape index (κ3) is 4.88. The third-order valence-corrected chi connectivity index (χ3v) is 3.63. The molecule has 0 unspecified atom stereocenters. The molecule has 1 heterocycles. The van der Waals surface area contributed by atoms with Crippen LogP contribution >= 0.6 is 11.6 Å². The van der Waals surface area contributed by atoms with Crippen molar-refractivity contribution in [2.75, 3.05) is 0 Å². The molecule has 2 aromatic rings. The van der Waals surface area contributed by atoms with Gasteiger partial charge in [-0.1, -0.05) is 24.9 Å². The van der Waals surface area contributed by atoms with Crippen LogP contribution in [-0.4, -0.2) is 16.9 Å². The zero-order valence-corrected chi connectivity index (χ0v) is 13.7. The monoisotopic (exact) mass is 320 g/mol. The maximum Gasteiger partial charge on any atom is 0.220 e. The number of carbonyl (C=O) groups excluding carboxylic acids is 1. The number of rotatable bonds is 7. The van der Waals surface area contributed by atoms with Crippen LogP contribution in [0, 0.1) is 0 Å². The summed E-state index contributed by atoms with van der Waals surface area (Å²) in [6.45, 7) is 4.12. The van der Waals surface area contributed by atoms with Gasteiger partial charge in [-0.3, -0.25) is 4.79 Å². The fourth-order valence-corrected chi connectivity index (χ4v) is 2.37. The van der Waals surface area contributed by atoms with Gasteiger partial charge in [-0.2, -0.15) is 0 Å².